The van der Waals surface area contributed by atoms with Gasteiger partial charge in [-0.15, -0.1) is 0 Å². The number of carbonyl (C=O) groups is 1. The van der Waals surface area contributed by atoms with Gasteiger partial charge in [-0.1, -0.05) is 24.3 Å². The number of pyridine rings is 1. The number of hydrogen-bond donors (Lipinski definition) is 1. The number of nitrogens with one attached hydrogen (secondary N) is 1. The molecule has 3 aromatic rings. The van der Waals surface area contributed by atoms with Gasteiger partial charge in [0, 0.05) is 31.1 Å². The second kappa shape index (κ2) is 11.7. The minimum absolute atomic E-state index is 0.173. The minimum Gasteiger partial charge on any atom is -0.490 e. The van der Waals surface area contributed by atoms with E-state index < -0.39 is 0 Å². The zero-order valence-corrected chi connectivity index (χ0v) is 18.0. The molecule has 0 spiro atoms. The molecule has 0 saturated heterocycles. The Labute approximate surface area is 183 Å². The summed E-state index contributed by atoms with van der Waals surface area (Å²) in [6.07, 6.45) is 3.45. The fourth-order valence-corrected chi connectivity index (χ4v) is 3.04. The van der Waals surface area contributed by atoms with Crippen LogP contribution in [0.2, 0.25) is 0 Å². The molecule has 6 nitrogen and oxygen atoms in total. The van der Waals surface area contributed by atoms with Gasteiger partial charge < -0.3 is 19.5 Å². The van der Waals surface area contributed by atoms with E-state index in [-0.39, 0.29) is 5.91 Å². The van der Waals surface area contributed by atoms with Crippen molar-refractivity contribution < 1.29 is 19.0 Å². The second-order valence-corrected chi connectivity index (χ2v) is 6.83. The van der Waals surface area contributed by atoms with E-state index in [1.54, 1.807) is 30.6 Å². The lowest BCUT2D eigenvalue weighted by atomic mass is 10.1. The summed E-state index contributed by atoms with van der Waals surface area (Å²) in [6, 6.07) is 17.0. The first-order valence-corrected chi connectivity index (χ1v) is 10.4. The fourth-order valence-electron chi connectivity index (χ4n) is 3.04. The lowest BCUT2D eigenvalue weighted by Crippen LogP contribution is -2.23. The van der Waals surface area contributed by atoms with E-state index >= 15 is 0 Å². The maximum Gasteiger partial charge on any atom is 0.251 e. The molecule has 31 heavy (non-hydrogen) atoms. The van der Waals surface area contributed by atoms with Crippen LogP contribution in [0.3, 0.4) is 0 Å². The largest absolute Gasteiger partial charge is 0.490 e. The highest BCUT2D eigenvalue weighted by atomic mass is 16.5. The maximum absolute atomic E-state index is 12.7. The van der Waals surface area contributed by atoms with Crippen molar-refractivity contribution in [3.8, 4) is 11.5 Å². The van der Waals surface area contributed by atoms with Crippen molar-refractivity contribution in [2.75, 3.05) is 13.2 Å². The molecule has 1 heterocycles. The number of nitrogens with zero attached hydrogens (tertiary/aromatic N) is 1. The van der Waals surface area contributed by atoms with Gasteiger partial charge in [0.15, 0.2) is 11.5 Å². The van der Waals surface area contributed by atoms with Crippen LogP contribution in [0, 0.1) is 0 Å². The zero-order valence-electron chi connectivity index (χ0n) is 18.0. The summed E-state index contributed by atoms with van der Waals surface area (Å²) in [4.78, 5) is 16.8. The van der Waals surface area contributed by atoms with Crippen molar-refractivity contribution in [2.45, 2.75) is 33.6 Å². The van der Waals surface area contributed by atoms with E-state index in [0.717, 1.165) is 16.7 Å². The molecule has 0 aliphatic carbocycles. The molecular weight excluding hydrogens is 392 g/mol. The molecule has 2 aromatic carbocycles. The van der Waals surface area contributed by atoms with Crippen LogP contribution in [-0.2, 0) is 24.5 Å². The van der Waals surface area contributed by atoms with Crippen LogP contribution in [0.1, 0.15) is 40.9 Å². The molecule has 0 saturated carbocycles. The van der Waals surface area contributed by atoms with Gasteiger partial charge in [-0.05, 0) is 60.9 Å². The Morgan fingerprint density at radius 1 is 0.871 bits per heavy atom. The fraction of sp³-hybridized carbons (Fsp3) is 0.280. The Morgan fingerprint density at radius 3 is 2.39 bits per heavy atom. The standard InChI is InChI=1S/C25H28N2O4/c1-3-29-18-22-8-6-5-7-21(22)16-27-25(28)20-9-10-23(24(15-20)30-4-2)31-17-19-11-13-26-14-12-19/h5-15H,3-4,16-18H2,1-2H3,(H,27,28). The van der Waals surface area contributed by atoms with Crippen LogP contribution in [0.25, 0.3) is 0 Å². The lowest BCUT2D eigenvalue weighted by molar-refractivity contribution is 0.0949. The Hall–Kier alpha value is -3.38. The van der Waals surface area contributed by atoms with Crippen LogP contribution >= 0.6 is 0 Å². The number of rotatable bonds is 11. The Morgan fingerprint density at radius 2 is 1.65 bits per heavy atom. The summed E-state index contributed by atoms with van der Waals surface area (Å²) in [6.45, 7) is 6.33. The van der Waals surface area contributed by atoms with Gasteiger partial charge in [-0.2, -0.15) is 0 Å². The first kappa shape index (κ1) is 22.3. The van der Waals surface area contributed by atoms with Gasteiger partial charge in [0.1, 0.15) is 6.61 Å². The summed E-state index contributed by atoms with van der Waals surface area (Å²) in [5.74, 6) is 0.964. The number of hydrogen-bond acceptors (Lipinski definition) is 5. The van der Waals surface area contributed by atoms with Crippen molar-refractivity contribution in [1.82, 2.24) is 10.3 Å². The number of carbonyl (C=O) groups excluding carboxylic acids is 1. The molecule has 0 aliphatic heterocycles. The van der Waals surface area contributed by atoms with Gasteiger partial charge in [0.2, 0.25) is 0 Å². The number of aromatic nitrogens is 1. The molecule has 0 radical (unpaired) electrons. The van der Waals surface area contributed by atoms with Gasteiger partial charge in [-0.3, -0.25) is 9.78 Å². The van der Waals surface area contributed by atoms with Gasteiger partial charge in [-0.25, -0.2) is 0 Å². The third-order valence-electron chi connectivity index (χ3n) is 4.67. The SMILES string of the molecule is CCOCc1ccccc1CNC(=O)c1ccc(OCc2ccncc2)c(OCC)c1. The van der Waals surface area contributed by atoms with E-state index in [1.807, 2.05) is 50.2 Å². The van der Waals surface area contributed by atoms with E-state index in [9.17, 15) is 4.79 Å². The van der Waals surface area contributed by atoms with E-state index in [2.05, 4.69) is 10.3 Å². The molecule has 1 amide bonds. The third-order valence-corrected chi connectivity index (χ3v) is 4.67. The van der Waals surface area contributed by atoms with Crippen molar-refractivity contribution >= 4 is 5.91 Å². The predicted octanol–water partition coefficient (Wildman–Crippen LogP) is 4.53. The highest BCUT2D eigenvalue weighted by molar-refractivity contribution is 5.94. The van der Waals surface area contributed by atoms with Crippen LogP contribution in [0.15, 0.2) is 67.0 Å². The summed E-state index contributed by atoms with van der Waals surface area (Å²) < 4.78 is 17.1. The van der Waals surface area contributed by atoms with Crippen molar-refractivity contribution in [3.63, 3.8) is 0 Å². The van der Waals surface area contributed by atoms with E-state index in [0.29, 0.717) is 50.0 Å². The van der Waals surface area contributed by atoms with Crippen molar-refractivity contribution in [3.05, 3.63) is 89.2 Å². The van der Waals surface area contributed by atoms with Crippen molar-refractivity contribution in [1.29, 1.82) is 0 Å². The highest BCUT2D eigenvalue weighted by Crippen LogP contribution is 2.29. The zero-order chi connectivity index (χ0) is 21.9. The van der Waals surface area contributed by atoms with E-state index in [1.165, 1.54) is 0 Å². The molecular formula is C25H28N2O4. The Balaban J connectivity index is 1.66. The monoisotopic (exact) mass is 420 g/mol. The van der Waals surface area contributed by atoms with Crippen LogP contribution in [0.5, 0.6) is 11.5 Å². The summed E-state index contributed by atoms with van der Waals surface area (Å²) in [5.41, 5.74) is 3.62. The maximum atomic E-state index is 12.7. The topological polar surface area (TPSA) is 69.7 Å². The summed E-state index contributed by atoms with van der Waals surface area (Å²) in [7, 11) is 0. The van der Waals surface area contributed by atoms with Gasteiger partial charge in [0.25, 0.3) is 5.91 Å². The van der Waals surface area contributed by atoms with Crippen LogP contribution in [0.4, 0.5) is 0 Å². The average Bonchev–Trinajstić information content (AvgIpc) is 2.81. The normalized spacial score (nSPS) is 10.5. The molecule has 1 N–H and O–H groups in total. The third kappa shape index (κ3) is 6.55. The molecule has 0 fully saturated rings. The predicted molar refractivity (Wildman–Crippen MR) is 119 cm³/mol. The molecule has 162 valence electrons. The smallest absolute Gasteiger partial charge is 0.251 e. The Bertz CT molecular complexity index is 976. The molecule has 6 heteroatoms. The number of amides is 1. The molecule has 0 unspecified atom stereocenters. The van der Waals surface area contributed by atoms with Gasteiger partial charge in [0.05, 0.1) is 13.2 Å². The van der Waals surface area contributed by atoms with Gasteiger partial charge >= 0.3 is 0 Å². The first-order chi connectivity index (χ1) is 15.2. The van der Waals surface area contributed by atoms with E-state index in [4.69, 9.17) is 14.2 Å². The molecule has 0 aliphatic rings. The average molecular weight is 421 g/mol. The van der Waals surface area contributed by atoms with Crippen molar-refractivity contribution in [2.24, 2.45) is 0 Å². The molecule has 3 rings (SSSR count). The van der Waals surface area contributed by atoms with Crippen LogP contribution in [-0.4, -0.2) is 24.1 Å². The molecule has 0 atom stereocenters. The van der Waals surface area contributed by atoms with Crippen LogP contribution < -0.4 is 14.8 Å². The first-order valence-electron chi connectivity index (χ1n) is 10.4. The lowest BCUT2D eigenvalue weighted by Gasteiger charge is -2.14. The quantitative estimate of drug-likeness (QED) is 0.494. The Kier molecular flexibility index (Phi) is 8.43. The number of ether oxygens (including phenoxy) is 3. The molecule has 0 bridgehead atoms. The summed E-state index contributed by atoms with van der Waals surface area (Å²) in [5, 5.41) is 2.98. The minimum atomic E-state index is -0.173. The highest BCUT2D eigenvalue weighted by Gasteiger charge is 2.13. The second-order valence-electron chi connectivity index (χ2n) is 6.83. The number of benzene rings is 2. The molecule has 1 aromatic heterocycles. The summed E-state index contributed by atoms with van der Waals surface area (Å²) >= 11 is 0.